The molecule has 0 aliphatic carbocycles. The second-order valence-electron chi connectivity index (χ2n) is 4.25. The van der Waals surface area contributed by atoms with Crippen LogP contribution in [0.5, 0.6) is 0 Å². The Hall–Kier alpha value is -1.72. The molecule has 0 bridgehead atoms. The van der Waals surface area contributed by atoms with E-state index in [-0.39, 0.29) is 30.3 Å². The van der Waals surface area contributed by atoms with Gasteiger partial charge in [-0.3, -0.25) is 14.4 Å². The normalized spacial score (nSPS) is 12.7. The lowest BCUT2D eigenvalue weighted by molar-refractivity contribution is -0.142. The van der Waals surface area contributed by atoms with Crippen molar-refractivity contribution in [2.24, 2.45) is 11.8 Å². The maximum Gasteiger partial charge on any atom is 0.306 e. The molecule has 0 saturated carbocycles. The molecular weight excluding hydrogens is 240 g/mol. The Labute approximate surface area is 106 Å². The van der Waals surface area contributed by atoms with Crippen LogP contribution in [0.1, 0.15) is 40.5 Å². The number of rotatable bonds is 6. The van der Waals surface area contributed by atoms with Crippen molar-refractivity contribution in [2.75, 3.05) is 0 Å². The van der Waals surface area contributed by atoms with Gasteiger partial charge in [-0.25, -0.2) is 0 Å². The van der Waals surface area contributed by atoms with Gasteiger partial charge in [0, 0.05) is 12.3 Å². The molecule has 2 atom stereocenters. The maximum absolute atomic E-state index is 10.4. The number of Topliss-reactive ketones (excluding diaryl/α,β-unsaturated/α-hetero) is 2. The van der Waals surface area contributed by atoms with Gasteiger partial charge < -0.3 is 15.0 Å². The molecule has 0 aromatic carbocycles. The molecule has 2 unspecified atom stereocenters. The van der Waals surface area contributed by atoms with E-state index in [0.29, 0.717) is 0 Å². The van der Waals surface area contributed by atoms with Gasteiger partial charge in [-0.2, -0.15) is 0 Å². The van der Waals surface area contributed by atoms with E-state index < -0.39 is 17.9 Å². The molecule has 18 heavy (non-hydrogen) atoms. The minimum Gasteiger partial charge on any atom is -0.481 e. The van der Waals surface area contributed by atoms with Crippen molar-refractivity contribution in [1.82, 2.24) is 0 Å². The van der Waals surface area contributed by atoms with Gasteiger partial charge in [-0.1, -0.05) is 13.8 Å². The van der Waals surface area contributed by atoms with Crippen molar-refractivity contribution in [2.45, 2.75) is 40.5 Å². The highest BCUT2D eigenvalue weighted by molar-refractivity contribution is 5.82. The summed E-state index contributed by atoms with van der Waals surface area (Å²) in [6, 6.07) is 0. The van der Waals surface area contributed by atoms with E-state index in [1.807, 2.05) is 0 Å². The summed E-state index contributed by atoms with van der Waals surface area (Å²) in [6.45, 7) is 5.91. The fraction of sp³-hybridized carbons (Fsp3) is 0.667. The van der Waals surface area contributed by atoms with Crippen LogP contribution < -0.4 is 0 Å². The van der Waals surface area contributed by atoms with E-state index >= 15 is 0 Å². The summed E-state index contributed by atoms with van der Waals surface area (Å²) in [5.74, 6) is -2.87. The number of carbonyl (C=O) groups excluding carboxylic acids is 2. The largest absolute Gasteiger partial charge is 0.481 e. The van der Waals surface area contributed by atoms with Crippen molar-refractivity contribution >= 4 is 23.5 Å². The van der Waals surface area contributed by atoms with E-state index in [2.05, 4.69) is 0 Å². The van der Waals surface area contributed by atoms with Gasteiger partial charge in [0.15, 0.2) is 0 Å². The smallest absolute Gasteiger partial charge is 0.306 e. The third-order valence-electron chi connectivity index (χ3n) is 2.19. The van der Waals surface area contributed by atoms with Gasteiger partial charge >= 0.3 is 11.9 Å². The average molecular weight is 260 g/mol. The van der Waals surface area contributed by atoms with Crippen LogP contribution in [0.15, 0.2) is 0 Å². The summed E-state index contributed by atoms with van der Waals surface area (Å²) in [6.07, 6.45) is 0.0741. The predicted molar refractivity (Wildman–Crippen MR) is 64.2 cm³/mol. The summed E-state index contributed by atoms with van der Waals surface area (Å²) in [5, 5.41) is 16.5. The summed E-state index contributed by atoms with van der Waals surface area (Å²) in [4.78, 5) is 40.8. The molecule has 0 radical (unpaired) electrons. The number of carboxylic acid groups (broad SMARTS) is 2. The van der Waals surface area contributed by atoms with Crippen LogP contribution in [0, 0.1) is 11.8 Å². The van der Waals surface area contributed by atoms with Gasteiger partial charge in [0.05, 0.1) is 12.3 Å². The molecule has 2 N–H and O–H groups in total. The summed E-state index contributed by atoms with van der Waals surface area (Å²) in [7, 11) is 0. The first-order chi connectivity index (χ1) is 8.07. The topological polar surface area (TPSA) is 109 Å². The Kier molecular flexibility index (Phi) is 9.66. The van der Waals surface area contributed by atoms with Gasteiger partial charge in [0.2, 0.25) is 0 Å². The first-order valence-corrected chi connectivity index (χ1v) is 5.52. The second-order valence-corrected chi connectivity index (χ2v) is 4.25. The Bertz CT molecular complexity index is 289. The molecular formula is C12H20O6. The van der Waals surface area contributed by atoms with Crippen molar-refractivity contribution in [3.05, 3.63) is 0 Å². The summed E-state index contributed by atoms with van der Waals surface area (Å²) in [5.41, 5.74) is 0. The highest BCUT2D eigenvalue weighted by atomic mass is 16.4. The van der Waals surface area contributed by atoms with Crippen LogP contribution in [-0.2, 0) is 19.2 Å². The molecule has 0 rings (SSSR count). The molecule has 104 valence electrons. The van der Waals surface area contributed by atoms with Crippen LogP contribution in [0.25, 0.3) is 0 Å². The number of hydrogen-bond donors (Lipinski definition) is 2. The van der Waals surface area contributed by atoms with Crippen molar-refractivity contribution in [3.63, 3.8) is 0 Å². The monoisotopic (exact) mass is 260 g/mol. The van der Waals surface area contributed by atoms with Gasteiger partial charge in [0.25, 0.3) is 0 Å². The lowest BCUT2D eigenvalue weighted by atomic mass is 10.0. The van der Waals surface area contributed by atoms with Crippen LogP contribution in [0.4, 0.5) is 0 Å². The number of carboxylic acids is 2. The first-order valence-electron chi connectivity index (χ1n) is 5.52. The minimum absolute atomic E-state index is 0.0602. The van der Waals surface area contributed by atoms with E-state index in [0.717, 1.165) is 0 Å². The van der Waals surface area contributed by atoms with E-state index in [4.69, 9.17) is 10.2 Å². The first kappa shape index (κ1) is 18.6. The fourth-order valence-corrected chi connectivity index (χ4v) is 0.924. The molecule has 0 amide bonds. The molecule has 0 fully saturated rings. The molecule has 0 aliphatic rings. The zero-order valence-electron chi connectivity index (χ0n) is 11.1. The molecule has 0 aromatic heterocycles. The van der Waals surface area contributed by atoms with E-state index in [9.17, 15) is 19.2 Å². The Morgan fingerprint density at radius 2 is 1.33 bits per heavy atom. The average Bonchev–Trinajstić information content (AvgIpc) is 2.16. The van der Waals surface area contributed by atoms with Gasteiger partial charge in [-0.15, -0.1) is 0 Å². The highest BCUT2D eigenvalue weighted by Crippen LogP contribution is 2.01. The van der Waals surface area contributed by atoms with Crippen LogP contribution in [0.2, 0.25) is 0 Å². The van der Waals surface area contributed by atoms with E-state index in [1.165, 1.54) is 20.8 Å². The van der Waals surface area contributed by atoms with Crippen LogP contribution >= 0.6 is 0 Å². The fourth-order valence-electron chi connectivity index (χ4n) is 0.924. The van der Waals surface area contributed by atoms with Crippen LogP contribution in [0.3, 0.4) is 0 Å². The summed E-state index contributed by atoms with van der Waals surface area (Å²) < 4.78 is 0. The molecule has 6 heteroatoms. The molecule has 0 aromatic rings. The Morgan fingerprint density at radius 1 is 0.889 bits per heavy atom. The highest BCUT2D eigenvalue weighted by Gasteiger charge is 2.12. The zero-order chi connectivity index (χ0) is 14.9. The van der Waals surface area contributed by atoms with Crippen molar-refractivity contribution < 1.29 is 29.4 Å². The second kappa shape index (κ2) is 9.32. The molecule has 0 heterocycles. The predicted octanol–water partition coefficient (Wildman–Crippen LogP) is 1.37. The molecule has 6 nitrogen and oxygen atoms in total. The maximum atomic E-state index is 10.4. The van der Waals surface area contributed by atoms with Gasteiger partial charge in [0.1, 0.15) is 11.6 Å². The lowest BCUT2D eigenvalue weighted by Gasteiger charge is -2.00. The third-order valence-corrected chi connectivity index (χ3v) is 2.19. The number of carbonyl (C=O) groups is 4. The zero-order valence-corrected chi connectivity index (χ0v) is 11.1. The van der Waals surface area contributed by atoms with Crippen LogP contribution in [-0.4, -0.2) is 33.7 Å². The number of aliphatic carboxylic acids is 2. The third kappa shape index (κ3) is 12.4. The number of ketones is 2. The Morgan fingerprint density at radius 3 is 1.44 bits per heavy atom. The van der Waals surface area contributed by atoms with Gasteiger partial charge in [-0.05, 0) is 13.8 Å². The number of hydrogen-bond acceptors (Lipinski definition) is 4. The SMILES string of the molecule is CC(=O)C(C)CC(=O)O.CC(=O)CC(C)C(=O)O. The molecule has 0 spiro atoms. The minimum atomic E-state index is -0.919. The standard InChI is InChI=1S/2C6H10O3/c1-4(5(2)7)3-6(8)9;1-4(6(8)9)3-5(2)7/h2*4H,3H2,1-2H3,(H,8,9). The lowest BCUT2D eigenvalue weighted by Crippen LogP contribution is -2.12. The van der Waals surface area contributed by atoms with Crippen molar-refractivity contribution in [3.8, 4) is 0 Å². The molecule has 0 aliphatic heterocycles. The Balaban J connectivity index is 0. The summed E-state index contributed by atoms with van der Waals surface area (Å²) >= 11 is 0. The van der Waals surface area contributed by atoms with E-state index in [1.54, 1.807) is 6.92 Å². The molecule has 0 saturated heterocycles. The quantitative estimate of drug-likeness (QED) is 0.746. The van der Waals surface area contributed by atoms with Crippen molar-refractivity contribution in [1.29, 1.82) is 0 Å².